The van der Waals surface area contributed by atoms with Gasteiger partial charge in [-0.15, -0.1) is 0 Å². The summed E-state index contributed by atoms with van der Waals surface area (Å²) in [5.74, 6) is -1.10. The molecule has 0 N–H and O–H groups in total. The number of aromatic nitrogens is 1. The summed E-state index contributed by atoms with van der Waals surface area (Å²) in [6.07, 6.45) is 5.10. The Morgan fingerprint density at radius 1 is 1.13 bits per heavy atom. The lowest BCUT2D eigenvalue weighted by molar-refractivity contribution is -0.139. The van der Waals surface area contributed by atoms with Crippen molar-refractivity contribution >= 4 is 17.6 Å². The fraction of sp³-hybridized carbons (Fsp3) is 0.500. The maximum atomic E-state index is 12.6. The van der Waals surface area contributed by atoms with Crippen LogP contribution in [0.1, 0.15) is 41.5 Å². The van der Waals surface area contributed by atoms with E-state index >= 15 is 0 Å². The zero-order valence-corrected chi connectivity index (χ0v) is 13.8. The molecule has 2 atom stereocenters. The number of allylic oxidation sites excluding steroid dienone is 2. The van der Waals surface area contributed by atoms with Crippen molar-refractivity contribution in [2.75, 3.05) is 6.54 Å². The van der Waals surface area contributed by atoms with Crippen LogP contribution in [0.5, 0.6) is 0 Å². The summed E-state index contributed by atoms with van der Waals surface area (Å²) in [4.78, 5) is 38.7. The molecule has 3 rings (SSSR count). The van der Waals surface area contributed by atoms with Crippen molar-refractivity contribution in [2.45, 2.75) is 40.2 Å². The number of Topliss-reactive ketones (excluding diaryl/α,β-unsaturated/α-hetero) is 1. The second kappa shape index (κ2) is 5.80. The first kappa shape index (κ1) is 15.7. The fourth-order valence-corrected chi connectivity index (χ4v) is 3.82. The number of carbonyl (C=O) groups is 3. The van der Waals surface area contributed by atoms with Crippen molar-refractivity contribution in [1.29, 1.82) is 0 Å². The number of imide groups is 1. The van der Waals surface area contributed by atoms with Crippen LogP contribution in [-0.2, 0) is 16.1 Å². The molecule has 0 radical (unpaired) electrons. The highest BCUT2D eigenvalue weighted by Crippen LogP contribution is 2.35. The van der Waals surface area contributed by atoms with Crippen LogP contribution in [0.25, 0.3) is 0 Å². The van der Waals surface area contributed by atoms with E-state index < -0.39 is 0 Å². The Morgan fingerprint density at radius 3 is 2.17 bits per heavy atom. The number of nitrogens with zero attached hydrogens (tertiary/aromatic N) is 2. The van der Waals surface area contributed by atoms with Gasteiger partial charge in [0.15, 0.2) is 5.78 Å². The fourth-order valence-electron chi connectivity index (χ4n) is 3.82. The van der Waals surface area contributed by atoms with Crippen molar-refractivity contribution in [1.82, 2.24) is 9.47 Å². The summed E-state index contributed by atoms with van der Waals surface area (Å²) in [5.41, 5.74) is 2.52. The van der Waals surface area contributed by atoms with Gasteiger partial charge in [-0.3, -0.25) is 19.3 Å². The highest BCUT2D eigenvalue weighted by Gasteiger charge is 2.47. The van der Waals surface area contributed by atoms with E-state index in [0.29, 0.717) is 18.4 Å². The Labute approximate surface area is 136 Å². The highest BCUT2D eigenvalue weighted by molar-refractivity contribution is 6.10. The molecule has 1 aromatic heterocycles. The third-order valence-corrected chi connectivity index (χ3v) is 5.09. The summed E-state index contributed by atoms with van der Waals surface area (Å²) < 4.78 is 2.06. The van der Waals surface area contributed by atoms with Crippen LogP contribution in [0.15, 0.2) is 18.2 Å². The molecule has 1 saturated heterocycles. The van der Waals surface area contributed by atoms with Crippen molar-refractivity contribution in [3.05, 3.63) is 35.2 Å². The van der Waals surface area contributed by atoms with E-state index in [0.717, 1.165) is 17.9 Å². The lowest BCUT2D eigenvalue weighted by atomic mass is 9.85. The van der Waals surface area contributed by atoms with Crippen LogP contribution >= 0.6 is 0 Å². The Kier molecular flexibility index (Phi) is 3.96. The number of hydrogen-bond acceptors (Lipinski definition) is 3. The second-order valence-corrected chi connectivity index (χ2v) is 6.37. The van der Waals surface area contributed by atoms with E-state index in [4.69, 9.17) is 0 Å². The van der Waals surface area contributed by atoms with Gasteiger partial charge in [-0.1, -0.05) is 12.2 Å². The molecule has 2 aliphatic rings. The van der Waals surface area contributed by atoms with Gasteiger partial charge in [0.05, 0.1) is 18.4 Å². The number of rotatable bonds is 4. The molecular formula is C18H22N2O3. The monoisotopic (exact) mass is 314 g/mol. The molecule has 0 unspecified atom stereocenters. The van der Waals surface area contributed by atoms with E-state index in [1.807, 2.05) is 39.0 Å². The van der Waals surface area contributed by atoms with Crippen molar-refractivity contribution in [3.8, 4) is 0 Å². The van der Waals surface area contributed by atoms with E-state index in [9.17, 15) is 14.4 Å². The molecule has 122 valence electrons. The summed E-state index contributed by atoms with van der Waals surface area (Å²) in [6, 6.07) is 1.85. The van der Waals surface area contributed by atoms with Gasteiger partial charge in [0.2, 0.25) is 11.8 Å². The Hall–Kier alpha value is -2.17. The largest absolute Gasteiger partial charge is 0.349 e. The molecule has 5 heteroatoms. The van der Waals surface area contributed by atoms with Gasteiger partial charge >= 0.3 is 0 Å². The molecule has 0 aromatic carbocycles. The number of ketones is 1. The van der Waals surface area contributed by atoms with Gasteiger partial charge in [0, 0.05) is 23.5 Å². The van der Waals surface area contributed by atoms with Gasteiger partial charge < -0.3 is 4.57 Å². The molecule has 2 heterocycles. The molecule has 0 saturated carbocycles. The molecule has 1 aliphatic heterocycles. The maximum Gasteiger partial charge on any atom is 0.233 e. The van der Waals surface area contributed by atoms with Crippen LogP contribution in [0.4, 0.5) is 0 Å². The topological polar surface area (TPSA) is 59.4 Å². The van der Waals surface area contributed by atoms with Crippen LogP contribution in [-0.4, -0.2) is 33.6 Å². The molecule has 0 bridgehead atoms. The SMILES string of the molecule is CCn1c(C)cc(C(=O)CN2C(=O)[C@H]3CC=CC[C@@H]3C2=O)c1C. The first-order valence-electron chi connectivity index (χ1n) is 8.15. The molecule has 1 aromatic rings. The van der Waals surface area contributed by atoms with E-state index in [1.54, 1.807) is 0 Å². The van der Waals surface area contributed by atoms with Gasteiger partial charge in [-0.25, -0.2) is 0 Å². The normalized spacial score (nSPS) is 23.5. The second-order valence-electron chi connectivity index (χ2n) is 6.37. The summed E-state index contributed by atoms with van der Waals surface area (Å²) in [5, 5.41) is 0. The number of carbonyl (C=O) groups excluding carboxylic acids is 3. The van der Waals surface area contributed by atoms with Gasteiger partial charge in [0.25, 0.3) is 0 Å². The molecule has 23 heavy (non-hydrogen) atoms. The molecule has 2 amide bonds. The van der Waals surface area contributed by atoms with Gasteiger partial charge in [0.1, 0.15) is 0 Å². The van der Waals surface area contributed by atoms with Crippen molar-refractivity contribution < 1.29 is 14.4 Å². The predicted molar refractivity (Wildman–Crippen MR) is 86.0 cm³/mol. The zero-order chi connectivity index (χ0) is 16.7. The minimum Gasteiger partial charge on any atom is -0.349 e. The zero-order valence-electron chi connectivity index (χ0n) is 13.8. The lowest BCUT2D eigenvalue weighted by Gasteiger charge is -2.14. The Morgan fingerprint density at radius 2 is 1.70 bits per heavy atom. The molecule has 0 spiro atoms. The minimum atomic E-state index is -0.275. The predicted octanol–water partition coefficient (Wildman–Crippen LogP) is 2.26. The molecule has 5 nitrogen and oxygen atoms in total. The third-order valence-electron chi connectivity index (χ3n) is 5.09. The minimum absolute atomic E-state index is 0.140. The van der Waals surface area contributed by atoms with E-state index in [1.165, 1.54) is 4.90 Å². The highest BCUT2D eigenvalue weighted by atomic mass is 16.2. The van der Waals surface area contributed by atoms with Crippen LogP contribution < -0.4 is 0 Å². The molecule has 1 fully saturated rings. The lowest BCUT2D eigenvalue weighted by Crippen LogP contribution is -2.36. The first-order chi connectivity index (χ1) is 11.0. The van der Waals surface area contributed by atoms with Crippen molar-refractivity contribution in [2.24, 2.45) is 11.8 Å². The van der Waals surface area contributed by atoms with Gasteiger partial charge in [-0.2, -0.15) is 0 Å². The quantitative estimate of drug-likeness (QED) is 0.486. The Bertz CT molecular complexity index is 688. The van der Waals surface area contributed by atoms with Crippen molar-refractivity contribution in [3.63, 3.8) is 0 Å². The van der Waals surface area contributed by atoms with Crippen LogP contribution in [0, 0.1) is 25.7 Å². The molecular weight excluding hydrogens is 292 g/mol. The number of amides is 2. The third kappa shape index (κ3) is 2.44. The standard InChI is InChI=1S/C18H22N2O3/c1-4-19-11(2)9-15(12(19)3)16(21)10-20-17(22)13-7-5-6-8-14(13)18(20)23/h5-6,9,13-14H,4,7-8,10H2,1-3H3/t13-,14-/m0/s1. The Balaban J connectivity index is 1.81. The number of fused-ring (bicyclic) bond motifs is 1. The first-order valence-corrected chi connectivity index (χ1v) is 8.15. The average Bonchev–Trinajstić information content (AvgIpc) is 2.96. The van der Waals surface area contributed by atoms with Gasteiger partial charge in [-0.05, 0) is 39.7 Å². The number of aryl methyl sites for hydroxylation is 1. The maximum absolute atomic E-state index is 12.6. The van der Waals surface area contributed by atoms with E-state index in [2.05, 4.69) is 4.57 Å². The summed E-state index contributed by atoms with van der Waals surface area (Å²) >= 11 is 0. The molecule has 1 aliphatic carbocycles. The van der Waals surface area contributed by atoms with Crippen LogP contribution in [0.3, 0.4) is 0 Å². The summed E-state index contributed by atoms with van der Waals surface area (Å²) in [6.45, 7) is 6.54. The number of hydrogen-bond donors (Lipinski definition) is 0. The smallest absolute Gasteiger partial charge is 0.233 e. The van der Waals surface area contributed by atoms with Crippen LogP contribution in [0.2, 0.25) is 0 Å². The average molecular weight is 314 g/mol. The number of likely N-dealkylation sites (tertiary alicyclic amines) is 1. The van der Waals surface area contributed by atoms with E-state index in [-0.39, 0.29) is 36.0 Å². The summed E-state index contributed by atoms with van der Waals surface area (Å²) in [7, 11) is 0.